The first-order chi connectivity index (χ1) is 15.7. The summed E-state index contributed by atoms with van der Waals surface area (Å²) in [6.45, 7) is 9.73. The second-order valence-corrected chi connectivity index (χ2v) is 10.00. The topological polar surface area (TPSA) is 50.1 Å². The van der Waals surface area contributed by atoms with E-state index in [1.165, 1.54) is 41.0 Å². The zero-order chi connectivity index (χ0) is 21.4. The lowest BCUT2D eigenvalue weighted by molar-refractivity contribution is 0.297. The molecule has 1 aromatic carbocycles. The average Bonchev–Trinajstić information content (AvgIpc) is 3.37. The van der Waals surface area contributed by atoms with Crippen LogP contribution < -0.4 is 10.6 Å². The van der Waals surface area contributed by atoms with Gasteiger partial charge >= 0.3 is 0 Å². The van der Waals surface area contributed by atoms with Crippen LogP contribution in [0.1, 0.15) is 24.0 Å². The lowest BCUT2D eigenvalue weighted by atomic mass is 9.96. The van der Waals surface area contributed by atoms with Gasteiger partial charge in [-0.05, 0) is 42.5 Å². The maximum absolute atomic E-state index is 5.14. The van der Waals surface area contributed by atoms with Crippen molar-refractivity contribution in [2.45, 2.75) is 25.4 Å². The molecule has 6 heteroatoms. The van der Waals surface area contributed by atoms with Crippen molar-refractivity contribution < 1.29 is 0 Å². The van der Waals surface area contributed by atoms with Gasteiger partial charge in [0.25, 0.3) is 0 Å². The van der Waals surface area contributed by atoms with Crippen molar-refractivity contribution >= 4 is 28.6 Å². The Morgan fingerprint density at radius 3 is 2.88 bits per heavy atom. The van der Waals surface area contributed by atoms with Crippen LogP contribution in [0.5, 0.6) is 0 Å². The number of nitrogens with zero attached hydrogens (tertiary/aromatic N) is 4. The van der Waals surface area contributed by atoms with Crippen LogP contribution in [0.2, 0.25) is 0 Å². The molecule has 2 aromatic heterocycles. The van der Waals surface area contributed by atoms with Gasteiger partial charge in [-0.3, -0.25) is 0 Å². The highest BCUT2D eigenvalue weighted by Crippen LogP contribution is 2.39. The van der Waals surface area contributed by atoms with Gasteiger partial charge in [0.2, 0.25) is 0 Å². The van der Waals surface area contributed by atoms with E-state index in [0.29, 0.717) is 6.04 Å². The maximum atomic E-state index is 5.14. The number of likely N-dealkylation sites (tertiary alicyclic amines) is 1. The Hall–Kier alpha value is -2.99. The standard InChI is InChI=1S/C26H30N6/c1-16(31-14-20-12-28-22(20)15-31)18-7-8-23-21(10-18)29-26(30(23)2)24-11-19-4-3-9-27-25(19)32(24)13-17-5-6-17/h3-4,7-8,10-11,17,20,22,27-28H,1,5-6,9,12-15H2,2H3. The van der Waals surface area contributed by atoms with E-state index in [-0.39, 0.29) is 0 Å². The van der Waals surface area contributed by atoms with Gasteiger partial charge in [0.15, 0.2) is 5.82 Å². The van der Waals surface area contributed by atoms with E-state index in [1.54, 1.807) is 0 Å². The Morgan fingerprint density at radius 2 is 2.12 bits per heavy atom. The minimum atomic E-state index is 0.643. The van der Waals surface area contributed by atoms with E-state index in [2.05, 4.69) is 74.7 Å². The normalized spacial score (nSPS) is 23.7. The van der Waals surface area contributed by atoms with Crippen LogP contribution in [0, 0.1) is 11.8 Å². The Balaban J connectivity index is 1.27. The number of benzene rings is 1. The molecule has 164 valence electrons. The fourth-order valence-corrected chi connectivity index (χ4v) is 5.63. The number of nitrogens with one attached hydrogen (secondary N) is 2. The van der Waals surface area contributed by atoms with Crippen molar-refractivity contribution in [3.05, 3.63) is 48.0 Å². The third-order valence-electron chi connectivity index (χ3n) is 7.86. The highest BCUT2D eigenvalue weighted by atomic mass is 15.2. The van der Waals surface area contributed by atoms with E-state index >= 15 is 0 Å². The SMILES string of the molecule is C=C(c1ccc2c(c1)nc(-c1cc3c(n1CC1CC1)NCC=C3)n2C)N1CC2CNC2C1. The second-order valence-electron chi connectivity index (χ2n) is 10.00. The van der Waals surface area contributed by atoms with Crippen molar-refractivity contribution in [2.75, 3.05) is 31.5 Å². The number of hydrogen-bond donors (Lipinski definition) is 2. The van der Waals surface area contributed by atoms with Gasteiger partial charge in [-0.2, -0.15) is 0 Å². The summed E-state index contributed by atoms with van der Waals surface area (Å²) in [5.41, 5.74) is 6.99. The predicted octanol–water partition coefficient (Wildman–Crippen LogP) is 3.76. The first-order valence-electron chi connectivity index (χ1n) is 11.9. The number of aromatic nitrogens is 3. The lowest BCUT2D eigenvalue weighted by Gasteiger charge is -2.29. The Kier molecular flexibility index (Phi) is 3.92. The largest absolute Gasteiger partial charge is 0.370 e. The summed E-state index contributed by atoms with van der Waals surface area (Å²) in [5, 5.41) is 7.13. The van der Waals surface area contributed by atoms with Crippen LogP contribution in [-0.4, -0.2) is 51.2 Å². The molecule has 4 aliphatic rings. The highest BCUT2D eigenvalue weighted by molar-refractivity contribution is 5.85. The molecule has 3 fully saturated rings. The van der Waals surface area contributed by atoms with Crippen molar-refractivity contribution in [1.82, 2.24) is 24.3 Å². The number of hydrogen-bond acceptors (Lipinski definition) is 4. The molecule has 2 saturated heterocycles. The van der Waals surface area contributed by atoms with Crippen molar-refractivity contribution in [3.8, 4) is 11.5 Å². The van der Waals surface area contributed by atoms with Crippen LogP contribution >= 0.6 is 0 Å². The molecule has 0 spiro atoms. The molecule has 1 aliphatic carbocycles. The van der Waals surface area contributed by atoms with Gasteiger partial charge in [-0.15, -0.1) is 0 Å². The number of fused-ring (bicyclic) bond motifs is 3. The molecular weight excluding hydrogens is 396 g/mol. The van der Waals surface area contributed by atoms with Crippen LogP contribution in [0.25, 0.3) is 34.3 Å². The van der Waals surface area contributed by atoms with Gasteiger partial charge in [0.05, 0.1) is 16.7 Å². The zero-order valence-corrected chi connectivity index (χ0v) is 18.6. The molecule has 2 atom stereocenters. The summed E-state index contributed by atoms with van der Waals surface area (Å²) in [5.74, 6) is 3.86. The molecule has 5 heterocycles. The smallest absolute Gasteiger partial charge is 0.157 e. The van der Waals surface area contributed by atoms with E-state index < -0.39 is 0 Å². The summed E-state index contributed by atoms with van der Waals surface area (Å²) in [7, 11) is 2.14. The summed E-state index contributed by atoms with van der Waals surface area (Å²) in [4.78, 5) is 7.58. The molecule has 0 amide bonds. The van der Waals surface area contributed by atoms with Gasteiger partial charge < -0.3 is 24.7 Å². The molecule has 2 unspecified atom stereocenters. The van der Waals surface area contributed by atoms with Crippen molar-refractivity contribution in [3.63, 3.8) is 0 Å². The molecule has 2 N–H and O–H groups in total. The van der Waals surface area contributed by atoms with Gasteiger partial charge in [0.1, 0.15) is 5.82 Å². The van der Waals surface area contributed by atoms with Crippen LogP contribution in [-0.2, 0) is 13.6 Å². The molecule has 0 radical (unpaired) electrons. The first kappa shape index (κ1) is 18.6. The fraction of sp³-hybridized carbons (Fsp3) is 0.423. The molecule has 3 aliphatic heterocycles. The molecular formula is C26H30N6. The Bertz CT molecular complexity index is 1260. The molecule has 3 aromatic rings. The van der Waals surface area contributed by atoms with Crippen molar-refractivity contribution in [1.29, 1.82) is 0 Å². The van der Waals surface area contributed by atoms with E-state index in [1.807, 2.05) is 0 Å². The summed E-state index contributed by atoms with van der Waals surface area (Å²) >= 11 is 0. The highest BCUT2D eigenvalue weighted by Gasteiger charge is 2.39. The maximum Gasteiger partial charge on any atom is 0.157 e. The number of aryl methyl sites for hydroxylation is 1. The number of anilines is 1. The van der Waals surface area contributed by atoms with Crippen LogP contribution in [0.4, 0.5) is 5.82 Å². The van der Waals surface area contributed by atoms with Crippen LogP contribution in [0.15, 0.2) is 36.9 Å². The minimum Gasteiger partial charge on any atom is -0.370 e. The molecule has 6 nitrogen and oxygen atoms in total. The van der Waals surface area contributed by atoms with Crippen molar-refractivity contribution in [2.24, 2.45) is 18.9 Å². The average molecular weight is 427 g/mol. The van der Waals surface area contributed by atoms with E-state index in [9.17, 15) is 0 Å². The predicted molar refractivity (Wildman–Crippen MR) is 130 cm³/mol. The third-order valence-corrected chi connectivity index (χ3v) is 7.86. The summed E-state index contributed by atoms with van der Waals surface area (Å²) in [6, 6.07) is 9.59. The zero-order valence-electron chi connectivity index (χ0n) is 18.6. The first-order valence-corrected chi connectivity index (χ1v) is 11.9. The monoisotopic (exact) mass is 426 g/mol. The van der Waals surface area contributed by atoms with Gasteiger partial charge in [0, 0.05) is 63.0 Å². The quantitative estimate of drug-likeness (QED) is 0.652. The third kappa shape index (κ3) is 2.78. The molecule has 0 bridgehead atoms. The second kappa shape index (κ2) is 6.75. The molecule has 1 saturated carbocycles. The number of imidazole rings is 1. The lowest BCUT2D eigenvalue weighted by Crippen LogP contribution is -2.51. The van der Waals surface area contributed by atoms with Crippen LogP contribution in [0.3, 0.4) is 0 Å². The summed E-state index contributed by atoms with van der Waals surface area (Å²) in [6.07, 6.45) is 7.11. The molecule has 32 heavy (non-hydrogen) atoms. The Labute approximate surface area is 188 Å². The molecule has 7 rings (SSSR count). The summed E-state index contributed by atoms with van der Waals surface area (Å²) < 4.78 is 4.71. The van der Waals surface area contributed by atoms with Gasteiger partial charge in [-0.1, -0.05) is 24.8 Å². The van der Waals surface area contributed by atoms with Gasteiger partial charge in [-0.25, -0.2) is 4.98 Å². The fourth-order valence-electron chi connectivity index (χ4n) is 5.63. The Morgan fingerprint density at radius 1 is 1.22 bits per heavy atom. The van der Waals surface area contributed by atoms with E-state index in [0.717, 1.165) is 61.6 Å². The van der Waals surface area contributed by atoms with E-state index in [4.69, 9.17) is 4.98 Å². The number of rotatable bonds is 5. The minimum absolute atomic E-state index is 0.643.